The van der Waals surface area contributed by atoms with Crippen molar-refractivity contribution >= 4 is 18.3 Å². The summed E-state index contributed by atoms with van der Waals surface area (Å²) in [5.74, 6) is 0.900. The fourth-order valence-corrected chi connectivity index (χ4v) is 3.04. The molecule has 28 heavy (non-hydrogen) atoms. The number of nitrogens with one attached hydrogen (secondary N) is 2. The van der Waals surface area contributed by atoms with Crippen LogP contribution in [0.1, 0.15) is 43.4 Å². The molecule has 8 heteroatoms. The van der Waals surface area contributed by atoms with E-state index in [-0.39, 0.29) is 23.7 Å². The minimum absolute atomic E-state index is 0. The number of carbonyl (C=O) groups is 1. The summed E-state index contributed by atoms with van der Waals surface area (Å²) in [7, 11) is 0. The molecule has 1 aromatic heterocycles. The van der Waals surface area contributed by atoms with Crippen LogP contribution in [-0.4, -0.2) is 60.2 Å². The number of hydrogen-bond acceptors (Lipinski definition) is 6. The summed E-state index contributed by atoms with van der Waals surface area (Å²) in [5, 5.41) is 10.4. The number of amides is 1. The first kappa shape index (κ1) is 22.3. The van der Waals surface area contributed by atoms with Gasteiger partial charge in [0.15, 0.2) is 5.82 Å². The highest BCUT2D eigenvalue weighted by Crippen LogP contribution is 2.26. The van der Waals surface area contributed by atoms with Crippen molar-refractivity contribution in [1.82, 2.24) is 25.7 Å². The van der Waals surface area contributed by atoms with Gasteiger partial charge in [0.1, 0.15) is 0 Å². The van der Waals surface area contributed by atoms with Crippen molar-refractivity contribution in [2.24, 2.45) is 0 Å². The Hall–Kier alpha value is -1.96. The summed E-state index contributed by atoms with van der Waals surface area (Å²) in [6.07, 6.45) is 0.933. The van der Waals surface area contributed by atoms with E-state index in [1.807, 2.05) is 39.0 Å². The smallest absolute Gasteiger partial charge is 0.258 e. The van der Waals surface area contributed by atoms with Gasteiger partial charge in [0.05, 0.1) is 11.1 Å². The first-order valence-electron chi connectivity index (χ1n) is 9.60. The lowest BCUT2D eigenvalue weighted by molar-refractivity contribution is 0.0951. The molecule has 0 aliphatic carbocycles. The molecule has 1 amide bonds. The average molecular weight is 408 g/mol. The third-order valence-electron chi connectivity index (χ3n) is 4.65. The summed E-state index contributed by atoms with van der Waals surface area (Å²) in [6.45, 7) is 12.0. The third kappa shape index (κ3) is 5.77. The van der Waals surface area contributed by atoms with Gasteiger partial charge in [-0.3, -0.25) is 4.79 Å². The molecule has 2 N–H and O–H groups in total. The molecular formula is C20H30ClN5O2. The maximum absolute atomic E-state index is 12.7. The molecule has 154 valence electrons. The molecule has 0 unspecified atom stereocenters. The van der Waals surface area contributed by atoms with Gasteiger partial charge < -0.3 is 20.1 Å². The molecule has 7 nitrogen and oxygen atoms in total. The van der Waals surface area contributed by atoms with Gasteiger partial charge in [-0.1, -0.05) is 38.1 Å². The number of halogens is 1. The lowest BCUT2D eigenvalue weighted by atomic mass is 9.96. The van der Waals surface area contributed by atoms with Gasteiger partial charge in [0.2, 0.25) is 0 Å². The van der Waals surface area contributed by atoms with Gasteiger partial charge in [0, 0.05) is 38.1 Å². The van der Waals surface area contributed by atoms with Crippen molar-refractivity contribution in [3.05, 3.63) is 35.7 Å². The second-order valence-electron chi connectivity index (χ2n) is 7.92. The number of rotatable bonds is 6. The molecule has 3 rings (SSSR count). The van der Waals surface area contributed by atoms with E-state index in [2.05, 4.69) is 25.7 Å². The summed E-state index contributed by atoms with van der Waals surface area (Å²) >= 11 is 0. The Balaban J connectivity index is 0.00000280. The van der Waals surface area contributed by atoms with Crippen LogP contribution in [0.5, 0.6) is 0 Å². The summed E-state index contributed by atoms with van der Waals surface area (Å²) in [6, 6.07) is 7.36. The van der Waals surface area contributed by atoms with E-state index in [1.165, 1.54) is 0 Å². The Morgan fingerprint density at radius 1 is 1.25 bits per heavy atom. The van der Waals surface area contributed by atoms with Gasteiger partial charge in [-0.05, 0) is 25.1 Å². The van der Waals surface area contributed by atoms with Crippen molar-refractivity contribution in [2.45, 2.75) is 32.6 Å². The van der Waals surface area contributed by atoms with Crippen LogP contribution in [0.15, 0.2) is 28.8 Å². The van der Waals surface area contributed by atoms with E-state index >= 15 is 0 Å². The molecular weight excluding hydrogens is 378 g/mol. The summed E-state index contributed by atoms with van der Waals surface area (Å²) in [4.78, 5) is 19.6. The molecule has 1 aliphatic heterocycles. The normalized spacial score (nSPS) is 15.1. The summed E-state index contributed by atoms with van der Waals surface area (Å²) < 4.78 is 5.42. The molecule has 2 aromatic rings. The molecule has 1 fully saturated rings. The van der Waals surface area contributed by atoms with Gasteiger partial charge in [-0.15, -0.1) is 12.4 Å². The number of carbonyl (C=O) groups excluding carboxylic acids is 1. The topological polar surface area (TPSA) is 83.3 Å². The SMILES string of the molecule is CC(C)(C)c1noc(-c2ccccc2C(=O)NCCCN2CCNCC2)n1.Cl. The lowest BCUT2D eigenvalue weighted by Gasteiger charge is -2.27. The monoisotopic (exact) mass is 407 g/mol. The largest absolute Gasteiger partial charge is 0.352 e. The first-order chi connectivity index (χ1) is 12.9. The Bertz CT molecular complexity index is 766. The Labute approximate surface area is 172 Å². The van der Waals surface area contributed by atoms with Gasteiger partial charge >= 0.3 is 0 Å². The lowest BCUT2D eigenvalue weighted by Crippen LogP contribution is -2.44. The van der Waals surface area contributed by atoms with Crippen LogP contribution in [0.3, 0.4) is 0 Å². The van der Waals surface area contributed by atoms with Gasteiger partial charge in [-0.2, -0.15) is 4.98 Å². The highest BCUT2D eigenvalue weighted by atomic mass is 35.5. The number of benzene rings is 1. The van der Waals surface area contributed by atoms with Crippen molar-refractivity contribution in [3.63, 3.8) is 0 Å². The maximum Gasteiger partial charge on any atom is 0.258 e. The second kappa shape index (κ2) is 10.0. The Morgan fingerprint density at radius 3 is 2.64 bits per heavy atom. The second-order valence-corrected chi connectivity index (χ2v) is 7.92. The number of aromatic nitrogens is 2. The molecule has 0 radical (unpaired) electrons. The average Bonchev–Trinajstić information content (AvgIpc) is 3.16. The number of nitrogens with zero attached hydrogens (tertiary/aromatic N) is 3. The Morgan fingerprint density at radius 2 is 1.96 bits per heavy atom. The minimum atomic E-state index is -0.205. The van der Waals surface area contributed by atoms with E-state index in [9.17, 15) is 4.79 Å². The molecule has 0 atom stereocenters. The van der Waals surface area contributed by atoms with Crippen molar-refractivity contribution < 1.29 is 9.32 Å². The maximum atomic E-state index is 12.7. The zero-order valence-corrected chi connectivity index (χ0v) is 17.6. The highest BCUT2D eigenvalue weighted by Gasteiger charge is 2.23. The molecule has 0 saturated carbocycles. The fraction of sp³-hybridized carbons (Fsp3) is 0.550. The van der Waals surface area contributed by atoms with Crippen molar-refractivity contribution in [1.29, 1.82) is 0 Å². The van der Waals surface area contributed by atoms with Crippen LogP contribution in [0, 0.1) is 0 Å². The number of piperazine rings is 1. The van der Waals surface area contributed by atoms with Crippen LogP contribution in [0.4, 0.5) is 0 Å². The fourth-order valence-electron chi connectivity index (χ4n) is 3.04. The van der Waals surface area contributed by atoms with E-state index in [0.717, 1.165) is 39.1 Å². The third-order valence-corrected chi connectivity index (χ3v) is 4.65. The Kier molecular flexibility index (Phi) is 7.98. The van der Waals surface area contributed by atoms with Crippen molar-refractivity contribution in [2.75, 3.05) is 39.3 Å². The summed E-state index contributed by atoms with van der Waals surface area (Å²) in [5.41, 5.74) is 1.02. The molecule has 1 aliphatic rings. The zero-order valence-electron chi connectivity index (χ0n) is 16.8. The minimum Gasteiger partial charge on any atom is -0.352 e. The molecule has 0 bridgehead atoms. The predicted molar refractivity (Wildman–Crippen MR) is 112 cm³/mol. The van der Waals surface area contributed by atoms with Crippen LogP contribution in [-0.2, 0) is 5.41 Å². The van der Waals surface area contributed by atoms with E-state index in [0.29, 0.717) is 29.4 Å². The molecule has 2 heterocycles. The zero-order chi connectivity index (χ0) is 19.3. The van der Waals surface area contributed by atoms with E-state index < -0.39 is 0 Å². The van der Waals surface area contributed by atoms with Crippen LogP contribution in [0.2, 0.25) is 0 Å². The van der Waals surface area contributed by atoms with Crippen LogP contribution < -0.4 is 10.6 Å². The predicted octanol–water partition coefficient (Wildman–Crippen LogP) is 2.48. The molecule has 1 aromatic carbocycles. The first-order valence-corrected chi connectivity index (χ1v) is 9.60. The van der Waals surface area contributed by atoms with E-state index in [1.54, 1.807) is 6.07 Å². The van der Waals surface area contributed by atoms with E-state index in [4.69, 9.17) is 4.52 Å². The number of hydrogen-bond donors (Lipinski definition) is 2. The van der Waals surface area contributed by atoms with Crippen molar-refractivity contribution in [3.8, 4) is 11.5 Å². The quantitative estimate of drug-likeness (QED) is 0.716. The standard InChI is InChI=1S/C20H29N5O2.ClH/c1-20(2,3)19-23-18(27-24-19)16-8-5-4-7-15(16)17(26)22-9-6-12-25-13-10-21-11-14-25;/h4-5,7-8,21H,6,9-14H2,1-3H3,(H,22,26);1H. The molecule has 1 saturated heterocycles. The van der Waals surface area contributed by atoms with Gasteiger partial charge in [0.25, 0.3) is 11.8 Å². The molecule has 0 spiro atoms. The highest BCUT2D eigenvalue weighted by molar-refractivity contribution is 5.99. The van der Waals surface area contributed by atoms with Crippen LogP contribution in [0.25, 0.3) is 11.5 Å². The van der Waals surface area contributed by atoms with Gasteiger partial charge in [-0.25, -0.2) is 0 Å². The van der Waals surface area contributed by atoms with Crippen LogP contribution >= 0.6 is 12.4 Å².